The van der Waals surface area contributed by atoms with Crippen molar-refractivity contribution in [1.82, 2.24) is 24.8 Å². The lowest BCUT2D eigenvalue weighted by Gasteiger charge is -2.26. The van der Waals surface area contributed by atoms with Crippen molar-refractivity contribution in [2.24, 2.45) is 0 Å². The number of rotatable bonds is 6. The van der Waals surface area contributed by atoms with Gasteiger partial charge in [0.2, 0.25) is 0 Å². The molecular weight excluding hydrogens is 371 g/mol. The number of nitrogens with one attached hydrogen (secondary N) is 1. The standard InChI is InChI=1S/C21H25FN6O/c1-26(2)12-10-23-21(29)18-14-24-19-8-9-20(25-28(18)19)27-11-4-7-17(27)15-5-3-6-16(22)13-15/h3,5-6,8-9,13-14,17H,4,7,10-12H2,1-2H3,(H,23,29). The number of amides is 1. The first-order valence-electron chi connectivity index (χ1n) is 9.83. The van der Waals surface area contributed by atoms with Crippen LogP contribution < -0.4 is 10.2 Å². The summed E-state index contributed by atoms with van der Waals surface area (Å²) >= 11 is 0. The number of imidazole rings is 1. The fourth-order valence-electron chi connectivity index (χ4n) is 3.76. The van der Waals surface area contributed by atoms with E-state index in [1.165, 1.54) is 6.07 Å². The highest BCUT2D eigenvalue weighted by atomic mass is 19.1. The van der Waals surface area contributed by atoms with Crippen molar-refractivity contribution in [3.63, 3.8) is 0 Å². The molecule has 1 unspecified atom stereocenters. The van der Waals surface area contributed by atoms with Crippen LogP contribution in [0.1, 0.15) is 34.9 Å². The lowest BCUT2D eigenvalue weighted by molar-refractivity contribution is 0.0944. The monoisotopic (exact) mass is 396 g/mol. The minimum Gasteiger partial charge on any atom is -0.349 e. The Bertz CT molecular complexity index is 1020. The van der Waals surface area contributed by atoms with E-state index in [1.54, 1.807) is 22.8 Å². The summed E-state index contributed by atoms with van der Waals surface area (Å²) in [7, 11) is 3.92. The van der Waals surface area contributed by atoms with Crippen molar-refractivity contribution in [2.75, 3.05) is 38.6 Å². The quantitative estimate of drug-likeness (QED) is 0.694. The molecular formula is C21H25FN6O. The number of carbonyl (C=O) groups excluding carboxylic acids is 1. The molecule has 1 atom stereocenters. The molecule has 0 saturated carbocycles. The van der Waals surface area contributed by atoms with E-state index < -0.39 is 0 Å². The summed E-state index contributed by atoms with van der Waals surface area (Å²) in [4.78, 5) is 21.0. The maximum atomic E-state index is 13.7. The third-order valence-electron chi connectivity index (χ3n) is 5.21. The highest BCUT2D eigenvalue weighted by Crippen LogP contribution is 2.35. The van der Waals surface area contributed by atoms with Gasteiger partial charge in [0.05, 0.1) is 12.2 Å². The van der Waals surface area contributed by atoms with Gasteiger partial charge in [-0.3, -0.25) is 4.79 Å². The number of aromatic nitrogens is 3. The zero-order valence-electron chi connectivity index (χ0n) is 16.7. The number of hydrogen-bond acceptors (Lipinski definition) is 5. The van der Waals surface area contributed by atoms with Crippen molar-refractivity contribution in [1.29, 1.82) is 0 Å². The molecule has 1 N–H and O–H groups in total. The zero-order chi connectivity index (χ0) is 20.4. The first-order valence-corrected chi connectivity index (χ1v) is 9.83. The van der Waals surface area contributed by atoms with Crippen molar-refractivity contribution in [3.8, 4) is 0 Å². The second-order valence-electron chi connectivity index (χ2n) is 7.57. The zero-order valence-corrected chi connectivity index (χ0v) is 16.7. The van der Waals surface area contributed by atoms with Crippen LogP contribution in [-0.2, 0) is 0 Å². The van der Waals surface area contributed by atoms with Crippen LogP contribution in [0.2, 0.25) is 0 Å². The summed E-state index contributed by atoms with van der Waals surface area (Å²) < 4.78 is 15.3. The molecule has 0 spiro atoms. The average Bonchev–Trinajstić information content (AvgIpc) is 3.34. The van der Waals surface area contributed by atoms with E-state index in [9.17, 15) is 9.18 Å². The molecule has 1 fully saturated rings. The number of fused-ring (bicyclic) bond motifs is 1. The van der Waals surface area contributed by atoms with Crippen molar-refractivity contribution < 1.29 is 9.18 Å². The third kappa shape index (κ3) is 4.07. The normalized spacial score (nSPS) is 16.7. The van der Waals surface area contributed by atoms with Gasteiger partial charge in [0.1, 0.15) is 11.6 Å². The summed E-state index contributed by atoms with van der Waals surface area (Å²) in [6, 6.07) is 10.6. The van der Waals surface area contributed by atoms with Crippen LogP contribution in [0.4, 0.5) is 10.2 Å². The fraction of sp³-hybridized carbons (Fsp3) is 0.381. The molecule has 0 radical (unpaired) electrons. The molecule has 0 bridgehead atoms. The van der Waals surface area contributed by atoms with Crippen molar-refractivity contribution >= 4 is 17.4 Å². The van der Waals surface area contributed by atoms with Crippen molar-refractivity contribution in [2.45, 2.75) is 18.9 Å². The second kappa shape index (κ2) is 8.16. The molecule has 0 aliphatic carbocycles. The topological polar surface area (TPSA) is 65.8 Å². The maximum Gasteiger partial charge on any atom is 0.271 e. The Balaban J connectivity index is 1.60. The van der Waals surface area contributed by atoms with Crippen LogP contribution in [-0.4, -0.2) is 59.1 Å². The first kappa shape index (κ1) is 19.3. The van der Waals surface area contributed by atoms with E-state index in [-0.39, 0.29) is 17.8 Å². The predicted molar refractivity (Wildman–Crippen MR) is 110 cm³/mol. The lowest BCUT2D eigenvalue weighted by Crippen LogP contribution is -2.32. The second-order valence-corrected chi connectivity index (χ2v) is 7.57. The van der Waals surface area contributed by atoms with Gasteiger partial charge in [-0.15, -0.1) is 5.10 Å². The maximum absolute atomic E-state index is 13.7. The van der Waals surface area contributed by atoms with Gasteiger partial charge in [0.15, 0.2) is 11.3 Å². The van der Waals surface area contributed by atoms with E-state index >= 15 is 0 Å². The van der Waals surface area contributed by atoms with Crippen LogP contribution in [0, 0.1) is 5.82 Å². The van der Waals surface area contributed by atoms with Crippen LogP contribution in [0.5, 0.6) is 0 Å². The molecule has 3 aromatic rings. The van der Waals surface area contributed by atoms with E-state index in [2.05, 4.69) is 15.2 Å². The summed E-state index contributed by atoms with van der Waals surface area (Å²) in [5.74, 6) is 0.320. The Hall–Kier alpha value is -3.00. The van der Waals surface area contributed by atoms with Gasteiger partial charge in [-0.1, -0.05) is 12.1 Å². The van der Waals surface area contributed by atoms with E-state index in [0.29, 0.717) is 17.9 Å². The minimum absolute atomic E-state index is 0.0662. The average molecular weight is 396 g/mol. The largest absolute Gasteiger partial charge is 0.349 e. The lowest BCUT2D eigenvalue weighted by atomic mass is 10.0. The predicted octanol–water partition coefficient (Wildman–Crippen LogP) is 2.50. The van der Waals surface area contributed by atoms with Crippen LogP contribution >= 0.6 is 0 Å². The molecule has 2 aromatic heterocycles. The molecule has 8 heteroatoms. The Morgan fingerprint density at radius 2 is 2.17 bits per heavy atom. The molecule has 1 aliphatic heterocycles. The van der Waals surface area contributed by atoms with Crippen molar-refractivity contribution in [3.05, 3.63) is 59.7 Å². The SMILES string of the molecule is CN(C)CCNC(=O)c1cnc2ccc(N3CCCC3c3cccc(F)c3)nn12. The molecule has 1 saturated heterocycles. The van der Waals surface area contributed by atoms with E-state index in [4.69, 9.17) is 5.10 Å². The summed E-state index contributed by atoms with van der Waals surface area (Å²) in [5.41, 5.74) is 1.96. The molecule has 4 rings (SSSR count). The smallest absolute Gasteiger partial charge is 0.271 e. The third-order valence-corrected chi connectivity index (χ3v) is 5.21. The van der Waals surface area contributed by atoms with Crippen LogP contribution in [0.25, 0.3) is 5.65 Å². The number of benzene rings is 1. The Morgan fingerprint density at radius 3 is 2.97 bits per heavy atom. The van der Waals surface area contributed by atoms with Gasteiger partial charge >= 0.3 is 0 Å². The van der Waals surface area contributed by atoms with Gasteiger partial charge in [-0.05, 0) is 56.8 Å². The molecule has 3 heterocycles. The van der Waals surface area contributed by atoms with Crippen LogP contribution in [0.15, 0.2) is 42.6 Å². The molecule has 1 amide bonds. The number of hydrogen-bond donors (Lipinski definition) is 1. The molecule has 29 heavy (non-hydrogen) atoms. The number of likely N-dealkylation sites (N-methyl/N-ethyl adjacent to an activating group) is 1. The molecule has 7 nitrogen and oxygen atoms in total. The number of anilines is 1. The van der Waals surface area contributed by atoms with E-state index in [0.717, 1.165) is 37.3 Å². The number of nitrogens with zero attached hydrogens (tertiary/aromatic N) is 5. The Morgan fingerprint density at radius 1 is 1.31 bits per heavy atom. The van der Waals surface area contributed by atoms with Gasteiger partial charge in [-0.2, -0.15) is 0 Å². The highest BCUT2D eigenvalue weighted by molar-refractivity contribution is 5.93. The van der Waals surface area contributed by atoms with Crippen LogP contribution in [0.3, 0.4) is 0 Å². The first-order chi connectivity index (χ1) is 14.0. The minimum atomic E-state index is -0.232. The number of carbonyl (C=O) groups is 1. The summed E-state index contributed by atoms with van der Waals surface area (Å²) in [5, 5.41) is 7.60. The van der Waals surface area contributed by atoms with Gasteiger partial charge in [0.25, 0.3) is 5.91 Å². The number of halogens is 1. The fourth-order valence-corrected chi connectivity index (χ4v) is 3.76. The molecule has 152 valence electrons. The van der Waals surface area contributed by atoms with Gasteiger partial charge in [0, 0.05) is 19.6 Å². The van der Waals surface area contributed by atoms with E-state index in [1.807, 2.05) is 37.2 Å². The molecule has 1 aromatic carbocycles. The highest BCUT2D eigenvalue weighted by Gasteiger charge is 2.28. The molecule has 1 aliphatic rings. The Kier molecular flexibility index (Phi) is 5.44. The van der Waals surface area contributed by atoms with Gasteiger partial charge < -0.3 is 15.1 Å². The van der Waals surface area contributed by atoms with Gasteiger partial charge in [-0.25, -0.2) is 13.9 Å². The summed E-state index contributed by atoms with van der Waals surface area (Å²) in [6.45, 7) is 2.13. The summed E-state index contributed by atoms with van der Waals surface area (Å²) in [6.07, 6.45) is 3.48. The Labute approximate surface area is 169 Å².